The van der Waals surface area contributed by atoms with Crippen LogP contribution in [0.1, 0.15) is 42.9 Å². The minimum absolute atomic E-state index is 0.0648. The van der Waals surface area contributed by atoms with E-state index in [1.165, 1.54) is 29.3 Å². The summed E-state index contributed by atoms with van der Waals surface area (Å²) in [5.74, 6) is -1.52. The first-order chi connectivity index (χ1) is 19.9. The fourth-order valence-corrected chi connectivity index (χ4v) is 5.53. The lowest BCUT2D eigenvalue weighted by molar-refractivity contribution is -0.614. The second-order valence-corrected chi connectivity index (χ2v) is 10.3. The summed E-state index contributed by atoms with van der Waals surface area (Å²) in [6.45, 7) is 0. The molecule has 206 valence electrons. The summed E-state index contributed by atoms with van der Waals surface area (Å²) < 4.78 is 31.2. The Balaban J connectivity index is 1.44. The SMILES string of the molecule is O=C1CCCCC(c2ccc(-c3cc(Cl)cc(F)c3-n3cnnn3)c[n+]2[O-])c2cccc(c2)-c2cc(F)ccc2N1. The first-order valence-electron chi connectivity index (χ1n) is 13.0. The van der Waals surface area contributed by atoms with E-state index in [1.54, 1.807) is 24.3 Å². The molecule has 2 aromatic heterocycles. The number of rotatable bonds is 3. The average molecular weight is 573 g/mol. The lowest BCUT2D eigenvalue weighted by Gasteiger charge is -2.20. The zero-order valence-corrected chi connectivity index (χ0v) is 22.4. The summed E-state index contributed by atoms with van der Waals surface area (Å²) in [5, 5.41) is 27.6. The van der Waals surface area contributed by atoms with Crippen LogP contribution in [0.3, 0.4) is 0 Å². The van der Waals surface area contributed by atoms with E-state index in [1.807, 2.05) is 24.3 Å². The summed E-state index contributed by atoms with van der Waals surface area (Å²) in [5.41, 5.74) is 4.02. The third-order valence-corrected chi connectivity index (χ3v) is 7.44. The van der Waals surface area contributed by atoms with Gasteiger partial charge in [-0.15, -0.1) is 5.10 Å². The Morgan fingerprint density at radius 3 is 2.68 bits per heavy atom. The molecule has 0 radical (unpaired) electrons. The summed E-state index contributed by atoms with van der Waals surface area (Å²) in [6.07, 6.45) is 4.86. The van der Waals surface area contributed by atoms with Crippen molar-refractivity contribution in [3.05, 3.63) is 112 Å². The zero-order valence-electron chi connectivity index (χ0n) is 21.6. The van der Waals surface area contributed by atoms with Crippen molar-refractivity contribution < 1.29 is 18.3 Å². The quantitative estimate of drug-likeness (QED) is 0.205. The second kappa shape index (κ2) is 11.1. The second-order valence-electron chi connectivity index (χ2n) is 9.87. The predicted octanol–water partition coefficient (Wildman–Crippen LogP) is 6.21. The standard InChI is InChI=1S/C30H23ClF2N6O2/c31-21-13-25(30(26(33)14-21)38-17-34-36-37-38)20-8-11-28(39(41)16-20)23-6-1-2-7-29(40)35-27-10-9-22(32)15-24(27)19-5-3-4-18(23)12-19/h3-5,8-17,23H,1-2,6-7H2,(H,35,40). The zero-order chi connectivity index (χ0) is 28.5. The van der Waals surface area contributed by atoms with E-state index >= 15 is 0 Å². The molecule has 2 bridgehead atoms. The molecule has 0 aliphatic carbocycles. The van der Waals surface area contributed by atoms with Crippen molar-refractivity contribution in [3.8, 4) is 27.9 Å². The van der Waals surface area contributed by atoms with Gasteiger partial charge in [-0.3, -0.25) is 4.79 Å². The number of amides is 1. The predicted molar refractivity (Wildman–Crippen MR) is 149 cm³/mol. The van der Waals surface area contributed by atoms with Gasteiger partial charge in [-0.25, -0.2) is 8.78 Å². The molecule has 0 fully saturated rings. The van der Waals surface area contributed by atoms with Gasteiger partial charge in [-0.1, -0.05) is 42.3 Å². The Labute approximate surface area is 238 Å². The van der Waals surface area contributed by atoms with E-state index in [4.69, 9.17) is 11.6 Å². The van der Waals surface area contributed by atoms with Crippen molar-refractivity contribution in [1.82, 2.24) is 20.2 Å². The normalized spacial score (nSPS) is 15.4. The van der Waals surface area contributed by atoms with Crippen LogP contribution >= 0.6 is 11.6 Å². The summed E-state index contributed by atoms with van der Waals surface area (Å²) in [7, 11) is 0. The molecule has 1 unspecified atom stereocenters. The largest absolute Gasteiger partial charge is 0.618 e. The van der Waals surface area contributed by atoms with E-state index in [9.17, 15) is 18.8 Å². The van der Waals surface area contributed by atoms with Gasteiger partial charge in [0, 0.05) is 39.9 Å². The minimum atomic E-state index is -0.641. The Morgan fingerprint density at radius 1 is 1.00 bits per heavy atom. The highest BCUT2D eigenvalue weighted by Gasteiger charge is 2.25. The van der Waals surface area contributed by atoms with Crippen molar-refractivity contribution in [2.75, 3.05) is 5.32 Å². The van der Waals surface area contributed by atoms with Gasteiger partial charge in [0.25, 0.3) is 0 Å². The number of anilines is 1. The van der Waals surface area contributed by atoms with Crippen LogP contribution < -0.4 is 10.0 Å². The smallest absolute Gasteiger partial charge is 0.224 e. The van der Waals surface area contributed by atoms with E-state index in [-0.39, 0.29) is 22.5 Å². The van der Waals surface area contributed by atoms with Gasteiger partial charge in [0.15, 0.2) is 17.7 Å². The van der Waals surface area contributed by atoms with Crippen LogP contribution in [0.4, 0.5) is 14.5 Å². The number of nitrogens with one attached hydrogen (secondary N) is 1. The lowest BCUT2D eigenvalue weighted by Crippen LogP contribution is -2.33. The molecule has 1 aliphatic heterocycles. The Hall–Kier alpha value is -4.70. The highest BCUT2D eigenvalue weighted by Crippen LogP contribution is 2.36. The number of fused-ring (bicyclic) bond motifs is 4. The average Bonchev–Trinajstić information content (AvgIpc) is 3.48. The van der Waals surface area contributed by atoms with Crippen LogP contribution in [-0.2, 0) is 4.79 Å². The number of carbonyl (C=O) groups is 1. The molecule has 6 rings (SSSR count). The van der Waals surface area contributed by atoms with Crippen LogP contribution in [-0.4, -0.2) is 26.1 Å². The Kier molecular flexibility index (Phi) is 7.15. The molecule has 3 heterocycles. The molecule has 5 aromatic rings. The number of carbonyl (C=O) groups excluding carboxylic acids is 1. The molecule has 41 heavy (non-hydrogen) atoms. The van der Waals surface area contributed by atoms with E-state index < -0.39 is 11.6 Å². The number of aromatic nitrogens is 5. The number of halogens is 3. The van der Waals surface area contributed by atoms with Crippen molar-refractivity contribution in [1.29, 1.82) is 0 Å². The third kappa shape index (κ3) is 5.38. The first kappa shape index (κ1) is 26.5. The molecule has 0 saturated heterocycles. The summed E-state index contributed by atoms with van der Waals surface area (Å²) >= 11 is 6.17. The van der Waals surface area contributed by atoms with E-state index in [0.717, 1.165) is 21.9 Å². The maximum Gasteiger partial charge on any atom is 0.224 e. The van der Waals surface area contributed by atoms with Crippen molar-refractivity contribution in [3.63, 3.8) is 0 Å². The van der Waals surface area contributed by atoms with Crippen LogP contribution in [0.2, 0.25) is 5.02 Å². The highest BCUT2D eigenvalue weighted by atomic mass is 35.5. The Morgan fingerprint density at radius 2 is 1.88 bits per heavy atom. The molecule has 11 heteroatoms. The molecule has 1 aliphatic rings. The number of hydrogen-bond donors (Lipinski definition) is 1. The highest BCUT2D eigenvalue weighted by molar-refractivity contribution is 6.31. The van der Waals surface area contributed by atoms with Crippen LogP contribution in [0.15, 0.2) is 79.3 Å². The molecule has 1 atom stereocenters. The van der Waals surface area contributed by atoms with Gasteiger partial charge in [0.2, 0.25) is 5.91 Å². The number of hydrogen-bond acceptors (Lipinski definition) is 5. The fraction of sp³-hybridized carbons (Fsp3) is 0.167. The molecular weight excluding hydrogens is 550 g/mol. The molecule has 0 saturated carbocycles. The van der Waals surface area contributed by atoms with Gasteiger partial charge < -0.3 is 10.5 Å². The maximum atomic E-state index is 15.0. The summed E-state index contributed by atoms with van der Waals surface area (Å²) in [6, 6.07) is 18.0. The third-order valence-electron chi connectivity index (χ3n) is 7.22. The molecule has 8 nitrogen and oxygen atoms in total. The molecule has 1 N–H and O–H groups in total. The summed E-state index contributed by atoms with van der Waals surface area (Å²) in [4.78, 5) is 12.6. The van der Waals surface area contributed by atoms with Gasteiger partial charge >= 0.3 is 0 Å². The van der Waals surface area contributed by atoms with Gasteiger partial charge in [0.05, 0.1) is 5.92 Å². The lowest BCUT2D eigenvalue weighted by atomic mass is 9.87. The number of tetrazole rings is 1. The van der Waals surface area contributed by atoms with E-state index in [2.05, 4.69) is 20.8 Å². The first-order valence-corrected chi connectivity index (χ1v) is 13.4. The number of pyridine rings is 1. The van der Waals surface area contributed by atoms with Crippen LogP contribution in [0.5, 0.6) is 0 Å². The van der Waals surface area contributed by atoms with Crippen molar-refractivity contribution >= 4 is 23.2 Å². The van der Waals surface area contributed by atoms with Crippen LogP contribution in [0.25, 0.3) is 27.9 Å². The van der Waals surface area contributed by atoms with E-state index in [0.29, 0.717) is 53.8 Å². The topological polar surface area (TPSA) is 99.6 Å². The maximum absolute atomic E-state index is 15.0. The molecule has 3 aromatic carbocycles. The molecular formula is C30H23ClF2N6O2. The minimum Gasteiger partial charge on any atom is -0.618 e. The van der Waals surface area contributed by atoms with Gasteiger partial charge in [0.1, 0.15) is 17.8 Å². The van der Waals surface area contributed by atoms with Gasteiger partial charge in [-0.05, 0) is 70.8 Å². The molecule has 0 spiro atoms. The fourth-order valence-electron chi connectivity index (χ4n) is 5.32. The Bertz CT molecular complexity index is 1760. The monoisotopic (exact) mass is 572 g/mol. The van der Waals surface area contributed by atoms with Crippen molar-refractivity contribution in [2.24, 2.45) is 0 Å². The van der Waals surface area contributed by atoms with Gasteiger partial charge in [-0.2, -0.15) is 9.41 Å². The van der Waals surface area contributed by atoms with Crippen LogP contribution in [0, 0.1) is 16.8 Å². The number of nitrogens with zero attached hydrogens (tertiary/aromatic N) is 5. The molecule has 1 amide bonds. The number of benzene rings is 3. The van der Waals surface area contributed by atoms with Crippen molar-refractivity contribution in [2.45, 2.75) is 31.6 Å².